The Balaban J connectivity index is 2.13. The zero-order valence-corrected chi connectivity index (χ0v) is 12.9. The van der Waals surface area contributed by atoms with Crippen LogP contribution in [0.4, 0.5) is 5.69 Å². The Bertz CT molecular complexity index is 629. The van der Waals surface area contributed by atoms with Gasteiger partial charge >= 0.3 is 0 Å². The van der Waals surface area contributed by atoms with Gasteiger partial charge in [0.15, 0.2) is 0 Å². The van der Waals surface area contributed by atoms with Crippen molar-refractivity contribution in [3.63, 3.8) is 0 Å². The van der Waals surface area contributed by atoms with E-state index in [4.69, 9.17) is 16.7 Å². The number of aromatic nitrogens is 2. The minimum atomic E-state index is -0.409. The van der Waals surface area contributed by atoms with E-state index in [1.165, 1.54) is 6.20 Å². The molecule has 0 saturated carbocycles. The Hall–Kier alpha value is -0.890. The fourth-order valence-corrected chi connectivity index (χ4v) is 3.08. The van der Waals surface area contributed by atoms with Gasteiger partial charge in [-0.2, -0.15) is 5.10 Å². The molecule has 8 heteroatoms. The Labute approximate surface area is 127 Å². The van der Waals surface area contributed by atoms with Crippen LogP contribution < -0.4 is 10.9 Å². The van der Waals surface area contributed by atoms with Crippen LogP contribution in [-0.4, -0.2) is 21.5 Å². The molecule has 2 aromatic rings. The Morgan fingerprint density at radius 2 is 2.37 bits per heavy atom. The zero-order chi connectivity index (χ0) is 13.8. The fraction of sp³-hybridized carbons (Fsp3) is 0.273. The summed E-state index contributed by atoms with van der Waals surface area (Å²) in [6.45, 7) is 0.553. The molecule has 0 aromatic carbocycles. The summed E-state index contributed by atoms with van der Waals surface area (Å²) in [4.78, 5) is 12.9. The monoisotopic (exact) mass is 363 g/mol. The summed E-state index contributed by atoms with van der Waals surface area (Å²) in [7, 11) is 0. The van der Waals surface area contributed by atoms with Gasteiger partial charge in [0.2, 0.25) is 0 Å². The topological polar surface area (TPSA) is 67.2 Å². The summed E-state index contributed by atoms with van der Waals surface area (Å²) in [5.41, 5.74) is 0.0819. The van der Waals surface area contributed by atoms with Crippen molar-refractivity contribution in [2.75, 3.05) is 11.9 Å². The van der Waals surface area contributed by atoms with Crippen molar-refractivity contribution in [1.82, 2.24) is 9.78 Å². The van der Waals surface area contributed by atoms with Crippen LogP contribution in [0, 0.1) is 0 Å². The van der Waals surface area contributed by atoms with Gasteiger partial charge in [-0.1, -0.05) is 11.6 Å². The molecule has 102 valence electrons. The SMILES string of the molecule is O=c1c(Cl)c(NCc2cc(Br)cs2)cnn1CCO. The molecule has 0 aliphatic rings. The lowest BCUT2D eigenvalue weighted by Crippen LogP contribution is -2.25. The average molecular weight is 365 g/mol. The predicted octanol–water partition coefficient (Wildman–Crippen LogP) is 2.33. The van der Waals surface area contributed by atoms with E-state index in [1.807, 2.05) is 11.4 Å². The van der Waals surface area contributed by atoms with Crippen LogP contribution in [0.3, 0.4) is 0 Å². The van der Waals surface area contributed by atoms with Crippen LogP contribution in [0.5, 0.6) is 0 Å². The molecule has 2 aromatic heterocycles. The van der Waals surface area contributed by atoms with Crippen molar-refractivity contribution in [3.8, 4) is 0 Å². The highest BCUT2D eigenvalue weighted by Gasteiger charge is 2.09. The molecule has 2 heterocycles. The van der Waals surface area contributed by atoms with Gasteiger partial charge in [0.1, 0.15) is 5.02 Å². The number of hydrogen-bond acceptors (Lipinski definition) is 5. The molecule has 0 bridgehead atoms. The normalized spacial score (nSPS) is 10.7. The van der Waals surface area contributed by atoms with E-state index < -0.39 is 5.56 Å². The molecule has 0 spiro atoms. The summed E-state index contributed by atoms with van der Waals surface area (Å²) in [5, 5.41) is 17.9. The summed E-state index contributed by atoms with van der Waals surface area (Å²) in [5.74, 6) is 0. The molecule has 19 heavy (non-hydrogen) atoms. The standard InChI is InChI=1S/C11H11BrClN3O2S/c12-7-3-8(19-6-7)4-14-9-5-15-16(1-2-17)11(18)10(9)13/h3,5-6,14,17H,1-2,4H2. The second-order valence-electron chi connectivity index (χ2n) is 3.71. The highest BCUT2D eigenvalue weighted by atomic mass is 79.9. The number of rotatable bonds is 5. The minimum Gasteiger partial charge on any atom is -0.394 e. The van der Waals surface area contributed by atoms with Crippen molar-refractivity contribution >= 4 is 44.6 Å². The van der Waals surface area contributed by atoms with Crippen molar-refractivity contribution in [1.29, 1.82) is 0 Å². The third-order valence-corrected chi connectivity index (χ3v) is 4.43. The van der Waals surface area contributed by atoms with E-state index in [1.54, 1.807) is 11.3 Å². The van der Waals surface area contributed by atoms with E-state index in [2.05, 4.69) is 26.3 Å². The second-order valence-corrected chi connectivity index (χ2v) is 6.00. The molecular weight excluding hydrogens is 354 g/mol. The summed E-state index contributed by atoms with van der Waals surface area (Å²) >= 11 is 11.0. The number of nitrogens with zero attached hydrogens (tertiary/aromatic N) is 2. The smallest absolute Gasteiger partial charge is 0.287 e. The molecule has 0 amide bonds. The maximum Gasteiger partial charge on any atom is 0.287 e. The molecule has 5 nitrogen and oxygen atoms in total. The van der Waals surface area contributed by atoms with Crippen molar-refractivity contribution in [2.24, 2.45) is 0 Å². The second kappa shape index (κ2) is 6.51. The quantitative estimate of drug-likeness (QED) is 0.854. The van der Waals surface area contributed by atoms with Crippen LogP contribution in [-0.2, 0) is 13.1 Å². The number of hydrogen-bond donors (Lipinski definition) is 2. The van der Waals surface area contributed by atoms with Crippen LogP contribution in [0.25, 0.3) is 0 Å². The number of aliphatic hydroxyl groups is 1. The van der Waals surface area contributed by atoms with Gasteiger partial charge in [0.05, 0.1) is 25.0 Å². The fourth-order valence-electron chi connectivity index (χ4n) is 1.47. The van der Waals surface area contributed by atoms with Crippen LogP contribution >= 0.6 is 38.9 Å². The lowest BCUT2D eigenvalue weighted by molar-refractivity contribution is 0.266. The predicted molar refractivity (Wildman–Crippen MR) is 79.9 cm³/mol. The van der Waals surface area contributed by atoms with E-state index in [0.717, 1.165) is 14.0 Å². The summed E-state index contributed by atoms with van der Waals surface area (Å²) < 4.78 is 2.16. The van der Waals surface area contributed by atoms with Crippen LogP contribution in [0.15, 0.2) is 26.9 Å². The van der Waals surface area contributed by atoms with Gasteiger partial charge in [-0.3, -0.25) is 4.79 Å². The van der Waals surface area contributed by atoms with Crippen molar-refractivity contribution in [3.05, 3.63) is 42.4 Å². The first kappa shape index (κ1) is 14.5. The van der Waals surface area contributed by atoms with Gasteiger partial charge < -0.3 is 10.4 Å². The average Bonchev–Trinajstić information content (AvgIpc) is 2.80. The third kappa shape index (κ3) is 3.56. The summed E-state index contributed by atoms with van der Waals surface area (Å²) in [6.07, 6.45) is 1.49. The number of thiophene rings is 1. The molecule has 0 saturated heterocycles. The van der Waals surface area contributed by atoms with Gasteiger partial charge in [-0.05, 0) is 22.0 Å². The molecule has 0 radical (unpaired) electrons. The maximum absolute atomic E-state index is 11.8. The molecule has 0 unspecified atom stereocenters. The maximum atomic E-state index is 11.8. The van der Waals surface area contributed by atoms with Crippen molar-refractivity contribution < 1.29 is 5.11 Å². The molecule has 2 rings (SSSR count). The third-order valence-electron chi connectivity index (χ3n) is 2.37. The number of nitrogens with one attached hydrogen (secondary N) is 1. The van der Waals surface area contributed by atoms with Gasteiger partial charge in [-0.25, -0.2) is 4.68 Å². The highest BCUT2D eigenvalue weighted by Crippen LogP contribution is 2.22. The molecule has 2 N–H and O–H groups in total. The molecule has 0 aliphatic heterocycles. The number of aliphatic hydroxyl groups excluding tert-OH is 1. The van der Waals surface area contributed by atoms with Crippen LogP contribution in [0.2, 0.25) is 5.02 Å². The first-order valence-electron chi connectivity index (χ1n) is 5.45. The lowest BCUT2D eigenvalue weighted by Gasteiger charge is -2.08. The molecule has 0 fully saturated rings. The van der Waals surface area contributed by atoms with Gasteiger partial charge in [0.25, 0.3) is 5.56 Å². The summed E-state index contributed by atoms with van der Waals surface area (Å²) in [6, 6.07) is 1.99. The van der Waals surface area contributed by atoms with E-state index in [-0.39, 0.29) is 18.2 Å². The first-order chi connectivity index (χ1) is 9.11. The van der Waals surface area contributed by atoms with Crippen molar-refractivity contribution in [2.45, 2.75) is 13.1 Å². The lowest BCUT2D eigenvalue weighted by atomic mass is 10.4. The van der Waals surface area contributed by atoms with E-state index in [0.29, 0.717) is 12.2 Å². The zero-order valence-electron chi connectivity index (χ0n) is 9.77. The Morgan fingerprint density at radius 1 is 1.58 bits per heavy atom. The van der Waals surface area contributed by atoms with E-state index in [9.17, 15) is 4.79 Å². The van der Waals surface area contributed by atoms with Gasteiger partial charge in [0, 0.05) is 21.3 Å². The largest absolute Gasteiger partial charge is 0.394 e. The van der Waals surface area contributed by atoms with E-state index >= 15 is 0 Å². The number of anilines is 1. The number of halogens is 2. The first-order valence-corrected chi connectivity index (χ1v) is 7.50. The minimum absolute atomic E-state index is 0.0825. The van der Waals surface area contributed by atoms with Gasteiger partial charge in [-0.15, -0.1) is 11.3 Å². The molecule has 0 atom stereocenters. The Kier molecular flexibility index (Phi) is 4.98. The Morgan fingerprint density at radius 3 is 3.00 bits per heavy atom. The molecule has 0 aliphatic carbocycles. The van der Waals surface area contributed by atoms with Crippen LogP contribution in [0.1, 0.15) is 4.88 Å². The molecular formula is C11H11BrClN3O2S. The highest BCUT2D eigenvalue weighted by molar-refractivity contribution is 9.10.